The molecule has 0 saturated heterocycles. The third-order valence-electron chi connectivity index (χ3n) is 3.35. The Morgan fingerprint density at radius 2 is 1.83 bits per heavy atom. The highest BCUT2D eigenvalue weighted by Crippen LogP contribution is 2.29. The summed E-state index contributed by atoms with van der Waals surface area (Å²) in [6, 6.07) is 2.50. The van der Waals surface area contributed by atoms with Crippen molar-refractivity contribution >= 4 is 0 Å². The zero-order valence-electron chi connectivity index (χ0n) is 11.7. The van der Waals surface area contributed by atoms with E-state index in [4.69, 9.17) is 0 Å². The number of benzene rings is 1. The lowest BCUT2D eigenvalue weighted by molar-refractivity contribution is 0.357. The molecule has 0 amide bonds. The van der Waals surface area contributed by atoms with Crippen LogP contribution in [0, 0.1) is 24.5 Å². The van der Waals surface area contributed by atoms with Gasteiger partial charge in [0, 0.05) is 11.6 Å². The first kappa shape index (κ1) is 15.1. The number of hydrogen-bond donors (Lipinski definition) is 1. The van der Waals surface area contributed by atoms with Crippen LogP contribution in [0.25, 0.3) is 0 Å². The first-order valence-corrected chi connectivity index (χ1v) is 6.70. The highest BCUT2D eigenvalue weighted by atomic mass is 19.1. The third-order valence-corrected chi connectivity index (χ3v) is 3.35. The Balaban J connectivity index is 3.08. The van der Waals surface area contributed by atoms with Gasteiger partial charge in [0.25, 0.3) is 0 Å². The molecule has 3 heteroatoms. The van der Waals surface area contributed by atoms with Crippen molar-refractivity contribution in [3.8, 4) is 0 Å². The lowest BCUT2D eigenvalue weighted by atomic mass is 9.90. The lowest BCUT2D eigenvalue weighted by Gasteiger charge is -2.25. The molecule has 0 bridgehead atoms. The summed E-state index contributed by atoms with van der Waals surface area (Å²) in [4.78, 5) is 0. The number of rotatable bonds is 6. The molecular formula is C15H23F2N. The normalized spacial score (nSPS) is 14.6. The van der Waals surface area contributed by atoms with Crippen LogP contribution >= 0.6 is 0 Å². The van der Waals surface area contributed by atoms with Crippen LogP contribution in [-0.4, -0.2) is 6.54 Å². The molecule has 18 heavy (non-hydrogen) atoms. The Bertz CT molecular complexity index is 390. The quantitative estimate of drug-likeness (QED) is 0.796. The lowest BCUT2D eigenvalue weighted by Crippen LogP contribution is -2.28. The Morgan fingerprint density at radius 3 is 2.39 bits per heavy atom. The van der Waals surface area contributed by atoms with E-state index >= 15 is 0 Å². The molecule has 2 unspecified atom stereocenters. The van der Waals surface area contributed by atoms with Crippen LogP contribution in [0.3, 0.4) is 0 Å². The second-order valence-corrected chi connectivity index (χ2v) is 4.92. The Labute approximate surface area is 109 Å². The van der Waals surface area contributed by atoms with Gasteiger partial charge in [-0.3, -0.25) is 0 Å². The molecule has 0 aliphatic carbocycles. The van der Waals surface area contributed by atoms with Crippen molar-refractivity contribution in [1.82, 2.24) is 5.32 Å². The molecule has 2 atom stereocenters. The van der Waals surface area contributed by atoms with Gasteiger partial charge in [-0.15, -0.1) is 0 Å². The van der Waals surface area contributed by atoms with Gasteiger partial charge in [0.15, 0.2) is 0 Å². The van der Waals surface area contributed by atoms with Crippen LogP contribution < -0.4 is 5.32 Å². The second kappa shape index (κ2) is 6.83. The van der Waals surface area contributed by atoms with Crippen molar-refractivity contribution in [2.45, 2.75) is 46.6 Å². The minimum Gasteiger partial charge on any atom is -0.310 e. The topological polar surface area (TPSA) is 12.0 Å². The van der Waals surface area contributed by atoms with Gasteiger partial charge in [0.2, 0.25) is 0 Å². The second-order valence-electron chi connectivity index (χ2n) is 4.92. The molecule has 0 radical (unpaired) electrons. The van der Waals surface area contributed by atoms with Gasteiger partial charge in [0.05, 0.1) is 0 Å². The van der Waals surface area contributed by atoms with Crippen molar-refractivity contribution in [1.29, 1.82) is 0 Å². The van der Waals surface area contributed by atoms with Crippen LogP contribution in [0.4, 0.5) is 8.78 Å². The number of halogens is 2. The van der Waals surface area contributed by atoms with E-state index in [9.17, 15) is 8.78 Å². The van der Waals surface area contributed by atoms with Crippen LogP contribution in [0.1, 0.15) is 50.8 Å². The largest absolute Gasteiger partial charge is 0.310 e. The van der Waals surface area contributed by atoms with E-state index in [1.807, 2.05) is 6.92 Å². The van der Waals surface area contributed by atoms with E-state index < -0.39 is 0 Å². The molecule has 1 nitrogen and oxygen atoms in total. The van der Waals surface area contributed by atoms with Gasteiger partial charge in [0.1, 0.15) is 11.6 Å². The van der Waals surface area contributed by atoms with Crippen molar-refractivity contribution in [3.05, 3.63) is 34.9 Å². The average molecular weight is 255 g/mol. The van der Waals surface area contributed by atoms with Crippen LogP contribution in [0.5, 0.6) is 0 Å². The highest BCUT2D eigenvalue weighted by Gasteiger charge is 2.22. The van der Waals surface area contributed by atoms with E-state index in [1.54, 1.807) is 6.92 Å². The third kappa shape index (κ3) is 3.52. The monoisotopic (exact) mass is 255 g/mol. The van der Waals surface area contributed by atoms with Crippen molar-refractivity contribution in [3.63, 3.8) is 0 Å². The van der Waals surface area contributed by atoms with Gasteiger partial charge >= 0.3 is 0 Å². The van der Waals surface area contributed by atoms with Gasteiger partial charge in [-0.2, -0.15) is 0 Å². The van der Waals surface area contributed by atoms with Crippen LogP contribution in [0.2, 0.25) is 0 Å². The zero-order chi connectivity index (χ0) is 13.7. The molecule has 0 spiro atoms. The zero-order valence-corrected chi connectivity index (χ0v) is 11.7. The minimum atomic E-state index is -0.335. The molecule has 1 rings (SSSR count). The molecule has 0 aliphatic heterocycles. The molecule has 102 valence electrons. The molecular weight excluding hydrogens is 232 g/mol. The molecule has 1 aromatic rings. The molecule has 0 aliphatic rings. The van der Waals surface area contributed by atoms with Gasteiger partial charge < -0.3 is 5.32 Å². The fourth-order valence-electron chi connectivity index (χ4n) is 2.36. The van der Waals surface area contributed by atoms with Crippen molar-refractivity contribution in [2.24, 2.45) is 5.92 Å². The fraction of sp³-hybridized carbons (Fsp3) is 0.600. The van der Waals surface area contributed by atoms with Crippen molar-refractivity contribution < 1.29 is 8.78 Å². The molecule has 0 fully saturated rings. The number of aryl methyl sites for hydroxylation is 1. The summed E-state index contributed by atoms with van der Waals surface area (Å²) in [5.41, 5.74) is 0.801. The van der Waals surface area contributed by atoms with Gasteiger partial charge in [-0.1, -0.05) is 27.2 Å². The maximum absolute atomic E-state index is 14.0. The molecule has 1 N–H and O–H groups in total. The van der Waals surface area contributed by atoms with E-state index in [0.717, 1.165) is 19.4 Å². The summed E-state index contributed by atoms with van der Waals surface area (Å²) >= 11 is 0. The summed E-state index contributed by atoms with van der Waals surface area (Å²) in [7, 11) is 0. The Morgan fingerprint density at radius 1 is 1.17 bits per heavy atom. The van der Waals surface area contributed by atoms with Gasteiger partial charge in [-0.05, 0) is 43.5 Å². The van der Waals surface area contributed by atoms with Crippen LogP contribution in [-0.2, 0) is 0 Å². The molecule has 0 heterocycles. The summed E-state index contributed by atoms with van der Waals surface area (Å²) in [6.45, 7) is 8.49. The fourth-order valence-corrected chi connectivity index (χ4v) is 2.36. The smallest absolute Gasteiger partial charge is 0.128 e. The number of nitrogens with one attached hydrogen (secondary N) is 1. The Kier molecular flexibility index (Phi) is 5.73. The summed E-state index contributed by atoms with van der Waals surface area (Å²) < 4.78 is 27.6. The maximum atomic E-state index is 14.0. The molecule has 0 saturated carbocycles. The predicted molar refractivity (Wildman–Crippen MR) is 71.6 cm³/mol. The van der Waals surface area contributed by atoms with Crippen molar-refractivity contribution in [2.75, 3.05) is 6.54 Å². The first-order chi connectivity index (χ1) is 8.51. The highest BCUT2D eigenvalue weighted by molar-refractivity contribution is 5.28. The maximum Gasteiger partial charge on any atom is 0.128 e. The summed E-state index contributed by atoms with van der Waals surface area (Å²) in [5.74, 6) is -0.368. The first-order valence-electron chi connectivity index (χ1n) is 6.70. The minimum absolute atomic E-state index is 0.120. The molecule has 1 aromatic carbocycles. The van der Waals surface area contributed by atoms with E-state index in [2.05, 4.69) is 19.2 Å². The standard InChI is InChI=1S/C15H23F2N/c1-5-7-10(3)15(18-6-2)12-9-13(16)11(4)8-14(12)17/h8-10,15,18H,5-7H2,1-4H3. The summed E-state index contributed by atoms with van der Waals surface area (Å²) in [5, 5.41) is 3.26. The average Bonchev–Trinajstić information content (AvgIpc) is 2.31. The summed E-state index contributed by atoms with van der Waals surface area (Å²) in [6.07, 6.45) is 2.03. The van der Waals surface area contributed by atoms with Crippen LogP contribution in [0.15, 0.2) is 12.1 Å². The van der Waals surface area contributed by atoms with Gasteiger partial charge in [-0.25, -0.2) is 8.78 Å². The van der Waals surface area contributed by atoms with E-state index in [0.29, 0.717) is 11.1 Å². The van der Waals surface area contributed by atoms with E-state index in [1.165, 1.54) is 12.1 Å². The van der Waals surface area contributed by atoms with E-state index in [-0.39, 0.29) is 23.6 Å². The Hall–Kier alpha value is -0.960. The molecule has 0 aromatic heterocycles. The SMILES string of the molecule is CCCC(C)C(NCC)c1cc(F)c(C)cc1F. The number of hydrogen-bond acceptors (Lipinski definition) is 1. The predicted octanol–water partition coefficient (Wildman–Crippen LogP) is 4.36.